The number of hydrogen-bond donors (Lipinski definition) is 4. The second-order valence-corrected chi connectivity index (χ2v) is 13.2. The summed E-state index contributed by atoms with van der Waals surface area (Å²) >= 11 is 6.54. The lowest BCUT2D eigenvalue weighted by molar-refractivity contribution is -0.186. The van der Waals surface area contributed by atoms with Crippen LogP contribution in [0.3, 0.4) is 0 Å². The number of hydrogen-bond acceptors (Lipinski definition) is 10. The van der Waals surface area contributed by atoms with Crippen LogP contribution in [-0.2, 0) is 14.3 Å². The van der Waals surface area contributed by atoms with Gasteiger partial charge in [-0.2, -0.15) is 14.0 Å². The Morgan fingerprint density at radius 2 is 2.00 bits per heavy atom. The lowest BCUT2D eigenvalue weighted by atomic mass is 9.79. The molecule has 4 N–H and O–H groups in total. The van der Waals surface area contributed by atoms with E-state index in [1.165, 1.54) is 0 Å². The van der Waals surface area contributed by atoms with Gasteiger partial charge in [0.25, 0.3) is 0 Å². The molecule has 7 atom stereocenters. The Bertz CT molecular complexity index is 1000. The molecule has 0 aromatic heterocycles. The number of alkyl halides is 3. The van der Waals surface area contributed by atoms with Crippen molar-refractivity contribution in [3.8, 4) is 6.07 Å². The van der Waals surface area contributed by atoms with Gasteiger partial charge < -0.3 is 19.9 Å². The van der Waals surface area contributed by atoms with E-state index in [-0.39, 0.29) is 41.7 Å². The monoisotopic (exact) mass is 629 g/mol. The normalized spacial score (nSPS) is 34.4. The topological polar surface area (TPSA) is 128 Å². The lowest BCUT2D eigenvalue weighted by Crippen LogP contribution is -2.58. The molecule has 4 heterocycles. The molecule has 0 radical (unpaired) electrons. The number of likely N-dealkylation sites (tertiary alicyclic amines) is 1. The van der Waals surface area contributed by atoms with Gasteiger partial charge in [-0.3, -0.25) is 20.3 Å². The Labute approximate surface area is 257 Å². The molecule has 2 amide bonds. The number of carbonyl (C=O) groups is 2. The van der Waals surface area contributed by atoms with Crippen LogP contribution < -0.4 is 21.5 Å². The van der Waals surface area contributed by atoms with Gasteiger partial charge >= 0.3 is 6.61 Å². The van der Waals surface area contributed by atoms with Gasteiger partial charge in [-0.05, 0) is 52.1 Å². The molecule has 5 fully saturated rings. The maximum atomic E-state index is 13.6. The van der Waals surface area contributed by atoms with Gasteiger partial charge in [0.15, 0.2) is 0 Å². The molecule has 0 aromatic rings. The zero-order chi connectivity index (χ0) is 30.5. The molecule has 0 aromatic carbocycles. The van der Waals surface area contributed by atoms with Crippen molar-refractivity contribution in [2.24, 2.45) is 11.8 Å². The van der Waals surface area contributed by atoms with Crippen molar-refractivity contribution < 1.29 is 23.1 Å². The van der Waals surface area contributed by atoms with Gasteiger partial charge in [0, 0.05) is 69.1 Å². The second-order valence-electron chi connectivity index (χ2n) is 12.6. The zero-order valence-corrected chi connectivity index (χ0v) is 25.7. The highest BCUT2D eigenvalue weighted by Gasteiger charge is 2.47. The van der Waals surface area contributed by atoms with Crippen LogP contribution in [0.2, 0.25) is 0 Å². The van der Waals surface area contributed by atoms with Crippen molar-refractivity contribution in [2.75, 3.05) is 59.4 Å². The third-order valence-corrected chi connectivity index (χ3v) is 10.3. The van der Waals surface area contributed by atoms with Gasteiger partial charge in [0.2, 0.25) is 11.8 Å². The smallest absolute Gasteiger partial charge is 0.345 e. The van der Waals surface area contributed by atoms with Gasteiger partial charge in [0.05, 0.1) is 36.8 Å². The molecule has 242 valence electrons. The molecule has 12 nitrogen and oxygen atoms in total. The Balaban J connectivity index is 1.24. The third kappa shape index (κ3) is 8.12. The fraction of sp³-hybridized carbons (Fsp3) is 0.893. The number of ether oxygens (including phenoxy) is 1. The van der Waals surface area contributed by atoms with Crippen molar-refractivity contribution in [3.05, 3.63) is 0 Å². The second kappa shape index (κ2) is 15.1. The minimum atomic E-state index is -2.90. The summed E-state index contributed by atoms with van der Waals surface area (Å²) in [5.41, 5.74) is 6.72. The highest BCUT2D eigenvalue weighted by Crippen LogP contribution is 2.36. The summed E-state index contributed by atoms with van der Waals surface area (Å²) in [7, 11) is 2.02. The van der Waals surface area contributed by atoms with E-state index >= 15 is 0 Å². The predicted octanol–water partition coefficient (Wildman–Crippen LogP) is 0.268. The summed E-state index contributed by atoms with van der Waals surface area (Å²) in [5, 5.41) is 19.2. The van der Waals surface area contributed by atoms with Crippen LogP contribution in [0.5, 0.6) is 0 Å². The van der Waals surface area contributed by atoms with E-state index in [0.717, 1.165) is 32.4 Å². The first-order valence-electron chi connectivity index (χ1n) is 15.7. The molecule has 1 saturated carbocycles. The number of halogens is 3. The molecule has 1 aliphatic carbocycles. The molecule has 0 bridgehead atoms. The first-order chi connectivity index (χ1) is 20.7. The maximum Gasteiger partial charge on any atom is 0.345 e. The van der Waals surface area contributed by atoms with E-state index in [1.807, 2.05) is 17.0 Å². The molecular formula is C28H46ClF2N9O3. The summed E-state index contributed by atoms with van der Waals surface area (Å²) < 4.78 is 31.9. The van der Waals surface area contributed by atoms with Gasteiger partial charge in [-0.1, -0.05) is 0 Å². The summed E-state index contributed by atoms with van der Waals surface area (Å²) in [5.74, 6) is -0.782. The number of piperidine rings is 1. The van der Waals surface area contributed by atoms with Gasteiger partial charge in [-0.15, -0.1) is 11.6 Å². The molecule has 5 aliphatic rings. The summed E-state index contributed by atoms with van der Waals surface area (Å²) in [6, 6.07) is 1.70. The van der Waals surface area contributed by atoms with Crippen LogP contribution in [0, 0.1) is 23.2 Å². The van der Waals surface area contributed by atoms with E-state index in [4.69, 9.17) is 21.6 Å². The lowest BCUT2D eigenvalue weighted by Gasteiger charge is -2.39. The highest BCUT2D eigenvalue weighted by atomic mass is 35.5. The average molecular weight is 630 g/mol. The van der Waals surface area contributed by atoms with Crippen LogP contribution in [-0.4, -0.2) is 133 Å². The van der Waals surface area contributed by atoms with Crippen molar-refractivity contribution in [1.82, 2.24) is 41.3 Å². The fourth-order valence-electron chi connectivity index (χ4n) is 7.51. The van der Waals surface area contributed by atoms with Crippen molar-refractivity contribution in [2.45, 2.75) is 87.3 Å². The number of nitrogens with one attached hydrogen (secondary N) is 4. The fourth-order valence-corrected chi connectivity index (χ4v) is 7.85. The highest BCUT2D eigenvalue weighted by molar-refractivity contribution is 6.20. The molecule has 43 heavy (non-hydrogen) atoms. The molecule has 4 aliphatic heterocycles. The molecular weight excluding hydrogens is 584 g/mol. The number of hydrazine groups is 2. The zero-order valence-electron chi connectivity index (χ0n) is 24.9. The van der Waals surface area contributed by atoms with Crippen molar-refractivity contribution in [1.29, 1.82) is 5.26 Å². The minimum Gasteiger partial charge on any atom is -0.350 e. The molecule has 5 rings (SSSR count). The van der Waals surface area contributed by atoms with Crippen LogP contribution in [0.15, 0.2) is 0 Å². The first kappa shape index (κ1) is 32.7. The largest absolute Gasteiger partial charge is 0.350 e. The van der Waals surface area contributed by atoms with Crippen LogP contribution in [0.1, 0.15) is 44.9 Å². The SMILES string of the molecule is CN(CCC#N)C1CCN(C(=O)CN2CC(NC(=O)C3CNN4CCCNC34)C(C3CC(Cl)CCC3OC(F)F)N2)CC1. The minimum absolute atomic E-state index is 0.0161. The summed E-state index contributed by atoms with van der Waals surface area (Å²) in [4.78, 5) is 31.0. The Morgan fingerprint density at radius 3 is 2.74 bits per heavy atom. The van der Waals surface area contributed by atoms with E-state index in [2.05, 4.69) is 37.5 Å². The van der Waals surface area contributed by atoms with Gasteiger partial charge in [-0.25, -0.2) is 15.4 Å². The van der Waals surface area contributed by atoms with Crippen molar-refractivity contribution >= 4 is 23.4 Å². The Hall–Kier alpha value is -1.70. The molecule has 7 unspecified atom stereocenters. The maximum absolute atomic E-state index is 13.6. The number of fused-ring (bicyclic) bond motifs is 1. The summed E-state index contributed by atoms with van der Waals surface area (Å²) in [6.45, 7) is 1.79. The standard InChI is InChI=1S/C28H46ClF2N9O3/c1-37(10-2-8-32)19-6-12-38(13-7-19)24(41)17-39-16-22(35-27(42)21-15-34-40-11-3-9-33-26(21)40)25(36-39)20-14-18(29)4-5-23(20)43-28(30)31/h18-23,25-26,28,33-34,36H,2-7,9-17H2,1H3,(H,35,42). The quantitative estimate of drug-likeness (QED) is 0.250. The number of rotatable bonds is 10. The number of nitriles is 1. The Morgan fingerprint density at radius 1 is 1.21 bits per heavy atom. The van der Waals surface area contributed by atoms with E-state index in [1.54, 1.807) is 0 Å². The predicted molar refractivity (Wildman–Crippen MR) is 155 cm³/mol. The molecule has 4 saturated heterocycles. The number of amides is 2. The average Bonchev–Trinajstić information content (AvgIpc) is 3.60. The molecule has 0 spiro atoms. The van der Waals surface area contributed by atoms with Crippen LogP contribution in [0.25, 0.3) is 0 Å². The number of nitrogens with zero attached hydrogens (tertiary/aromatic N) is 5. The van der Waals surface area contributed by atoms with Crippen LogP contribution in [0.4, 0.5) is 8.78 Å². The summed E-state index contributed by atoms with van der Waals surface area (Å²) in [6.07, 6.45) is 3.83. The van der Waals surface area contributed by atoms with E-state index in [9.17, 15) is 18.4 Å². The van der Waals surface area contributed by atoms with E-state index < -0.39 is 24.8 Å². The Kier molecular flexibility index (Phi) is 11.4. The van der Waals surface area contributed by atoms with Crippen LogP contribution >= 0.6 is 11.6 Å². The third-order valence-electron chi connectivity index (χ3n) is 9.86. The van der Waals surface area contributed by atoms with Crippen molar-refractivity contribution in [3.63, 3.8) is 0 Å². The first-order valence-corrected chi connectivity index (χ1v) is 16.1. The number of carbonyl (C=O) groups excluding carboxylic acids is 2. The van der Waals surface area contributed by atoms with Gasteiger partial charge in [0.1, 0.15) is 0 Å². The van der Waals surface area contributed by atoms with E-state index in [0.29, 0.717) is 64.4 Å². The molecule has 15 heteroatoms.